The van der Waals surface area contributed by atoms with Crippen molar-refractivity contribution in [3.05, 3.63) is 46.3 Å². The van der Waals surface area contributed by atoms with Gasteiger partial charge in [0.2, 0.25) is 0 Å². The van der Waals surface area contributed by atoms with Gasteiger partial charge in [0.15, 0.2) is 5.16 Å². The Balaban J connectivity index is 1.67. The summed E-state index contributed by atoms with van der Waals surface area (Å²) < 4.78 is 1.81. The number of hydrogen-bond donors (Lipinski definition) is 0. The molecule has 0 saturated heterocycles. The number of thioether (sulfide) groups is 1. The van der Waals surface area contributed by atoms with Crippen molar-refractivity contribution in [1.29, 1.82) is 0 Å². The number of benzene rings is 1. The van der Waals surface area contributed by atoms with Gasteiger partial charge in [-0.15, -0.1) is 0 Å². The summed E-state index contributed by atoms with van der Waals surface area (Å²) in [6.45, 7) is 0.645. The van der Waals surface area contributed by atoms with Crippen LogP contribution in [0.3, 0.4) is 0 Å². The summed E-state index contributed by atoms with van der Waals surface area (Å²) in [7, 11) is 0. The van der Waals surface area contributed by atoms with Crippen molar-refractivity contribution in [1.82, 2.24) is 9.55 Å². The van der Waals surface area contributed by atoms with E-state index in [0.29, 0.717) is 29.3 Å². The highest BCUT2D eigenvalue weighted by Crippen LogP contribution is 2.31. The molecule has 0 aliphatic heterocycles. The largest absolute Gasteiger partial charge is 0.298 e. The van der Waals surface area contributed by atoms with Crippen molar-refractivity contribution in [2.24, 2.45) is 0 Å². The van der Waals surface area contributed by atoms with Gasteiger partial charge in [0.05, 0.1) is 16.2 Å². The molecule has 2 aliphatic carbocycles. The van der Waals surface area contributed by atoms with E-state index < -0.39 is 0 Å². The second kappa shape index (κ2) is 8.42. The topological polar surface area (TPSA) is 52.0 Å². The molecule has 5 heteroatoms. The van der Waals surface area contributed by atoms with Crippen LogP contribution >= 0.6 is 11.8 Å². The van der Waals surface area contributed by atoms with E-state index in [1.54, 1.807) is 0 Å². The molecule has 0 spiro atoms. The molecular formula is C22H26N2O2S. The van der Waals surface area contributed by atoms with E-state index in [1.165, 1.54) is 30.2 Å². The number of nitrogens with zero attached hydrogens (tertiary/aromatic N) is 2. The summed E-state index contributed by atoms with van der Waals surface area (Å²) in [5.41, 5.74) is 2.19. The number of carbonyl (C=O) groups excluding carboxylic acids is 1. The van der Waals surface area contributed by atoms with Gasteiger partial charge >= 0.3 is 0 Å². The third-order valence-electron chi connectivity index (χ3n) is 5.61. The smallest absolute Gasteiger partial charge is 0.262 e. The molecule has 1 atom stereocenters. The lowest BCUT2D eigenvalue weighted by Crippen LogP contribution is -2.27. The van der Waals surface area contributed by atoms with Crippen LogP contribution in [0.4, 0.5) is 0 Å². The van der Waals surface area contributed by atoms with E-state index in [2.05, 4.69) is 6.08 Å². The van der Waals surface area contributed by atoms with E-state index in [-0.39, 0.29) is 10.8 Å². The lowest BCUT2D eigenvalue weighted by atomic mass is 9.97. The number of rotatable bonds is 5. The number of aromatic nitrogens is 2. The number of allylic oxidation sites excluding steroid dienone is 2. The van der Waals surface area contributed by atoms with Crippen molar-refractivity contribution in [3.8, 4) is 0 Å². The number of para-hydroxylation sites is 1. The molecule has 4 nitrogen and oxygen atoms in total. The monoisotopic (exact) mass is 382 g/mol. The molecule has 1 saturated carbocycles. The molecule has 0 radical (unpaired) electrons. The fourth-order valence-electron chi connectivity index (χ4n) is 4.02. The number of hydrogen-bond acceptors (Lipinski definition) is 4. The van der Waals surface area contributed by atoms with E-state index in [9.17, 15) is 9.59 Å². The van der Waals surface area contributed by atoms with Gasteiger partial charge in [0.1, 0.15) is 5.78 Å². The van der Waals surface area contributed by atoms with Crippen LogP contribution in [-0.2, 0) is 11.3 Å². The number of carbonyl (C=O) groups is 1. The Hall–Kier alpha value is -1.88. The minimum atomic E-state index is -0.0630. The SMILES string of the molecule is O=C1CCCC[C@H]1Sc1nc2ccccc2c(=O)n1CCC1=CCCCC1. The third kappa shape index (κ3) is 4.18. The maximum atomic E-state index is 13.2. The van der Waals surface area contributed by atoms with Gasteiger partial charge in [-0.3, -0.25) is 14.2 Å². The molecule has 0 bridgehead atoms. The molecular weight excluding hydrogens is 356 g/mol. The summed E-state index contributed by atoms with van der Waals surface area (Å²) in [6.07, 6.45) is 11.6. The lowest BCUT2D eigenvalue weighted by molar-refractivity contribution is -0.119. The first-order valence-electron chi connectivity index (χ1n) is 10.1. The first-order chi connectivity index (χ1) is 13.2. The molecule has 2 aromatic rings. The zero-order valence-electron chi connectivity index (χ0n) is 15.7. The van der Waals surface area contributed by atoms with Crippen molar-refractivity contribution in [2.45, 2.75) is 74.7 Å². The van der Waals surface area contributed by atoms with Crippen molar-refractivity contribution in [2.75, 3.05) is 0 Å². The molecule has 1 heterocycles. The van der Waals surface area contributed by atoms with E-state index in [4.69, 9.17) is 4.98 Å². The standard InChI is InChI=1S/C22H26N2O2S/c25-19-12-6-7-13-20(19)27-22-23-18-11-5-4-10-17(18)21(26)24(22)15-14-16-8-2-1-3-9-16/h4-5,8,10-11,20H,1-3,6-7,9,12-15H2/t20-/m1/s1. The molecule has 27 heavy (non-hydrogen) atoms. The highest BCUT2D eigenvalue weighted by molar-refractivity contribution is 8.00. The summed E-state index contributed by atoms with van der Waals surface area (Å²) in [4.78, 5) is 30.3. The Morgan fingerprint density at radius 1 is 1.07 bits per heavy atom. The van der Waals surface area contributed by atoms with E-state index in [1.807, 2.05) is 28.8 Å². The number of ketones is 1. The van der Waals surface area contributed by atoms with Gasteiger partial charge in [-0.25, -0.2) is 4.98 Å². The quantitative estimate of drug-likeness (QED) is 0.546. The average Bonchev–Trinajstić information content (AvgIpc) is 2.70. The van der Waals surface area contributed by atoms with Gasteiger partial charge < -0.3 is 0 Å². The Bertz CT molecular complexity index is 932. The molecule has 1 aromatic carbocycles. The second-order valence-electron chi connectivity index (χ2n) is 7.55. The highest BCUT2D eigenvalue weighted by atomic mass is 32.2. The predicted molar refractivity (Wildman–Crippen MR) is 110 cm³/mol. The van der Waals surface area contributed by atoms with Gasteiger partial charge in [-0.1, -0.05) is 42.0 Å². The highest BCUT2D eigenvalue weighted by Gasteiger charge is 2.25. The molecule has 0 N–H and O–H groups in total. The predicted octanol–water partition coefficient (Wildman–Crippen LogP) is 4.89. The summed E-state index contributed by atoms with van der Waals surface area (Å²) in [5.74, 6) is 0.301. The van der Waals surface area contributed by atoms with Crippen LogP contribution in [0.2, 0.25) is 0 Å². The van der Waals surface area contributed by atoms with Gasteiger partial charge in [-0.2, -0.15) is 0 Å². The summed E-state index contributed by atoms with van der Waals surface area (Å²) in [5, 5.41) is 1.30. The maximum Gasteiger partial charge on any atom is 0.262 e. The fraction of sp³-hybridized carbons (Fsp3) is 0.500. The Morgan fingerprint density at radius 3 is 2.74 bits per heavy atom. The first-order valence-corrected chi connectivity index (χ1v) is 11.0. The lowest BCUT2D eigenvalue weighted by Gasteiger charge is -2.22. The second-order valence-corrected chi connectivity index (χ2v) is 8.71. The fourth-order valence-corrected chi connectivity index (χ4v) is 5.27. The van der Waals surface area contributed by atoms with E-state index in [0.717, 1.165) is 44.0 Å². The van der Waals surface area contributed by atoms with Crippen LogP contribution in [0.15, 0.2) is 45.9 Å². The minimum absolute atomic E-state index is 0.0165. The van der Waals surface area contributed by atoms with Gasteiger partial charge in [0.25, 0.3) is 5.56 Å². The summed E-state index contributed by atoms with van der Waals surface area (Å²) >= 11 is 1.50. The van der Waals surface area contributed by atoms with E-state index >= 15 is 0 Å². The average molecular weight is 383 g/mol. The third-order valence-corrected chi connectivity index (χ3v) is 6.92. The Labute approximate surface area is 164 Å². The van der Waals surface area contributed by atoms with Crippen molar-refractivity contribution >= 4 is 28.4 Å². The zero-order valence-corrected chi connectivity index (χ0v) is 16.5. The Kier molecular flexibility index (Phi) is 5.77. The molecule has 1 aromatic heterocycles. The number of fused-ring (bicyclic) bond motifs is 1. The maximum absolute atomic E-state index is 13.2. The molecule has 4 rings (SSSR count). The van der Waals surface area contributed by atoms with Crippen LogP contribution < -0.4 is 5.56 Å². The van der Waals surface area contributed by atoms with Crippen LogP contribution in [0.25, 0.3) is 10.9 Å². The summed E-state index contributed by atoms with van der Waals surface area (Å²) in [6, 6.07) is 7.53. The Morgan fingerprint density at radius 2 is 1.93 bits per heavy atom. The number of Topliss-reactive ketones (excluding diaryl/α,β-unsaturated/α-hetero) is 1. The van der Waals surface area contributed by atoms with Crippen molar-refractivity contribution in [3.63, 3.8) is 0 Å². The molecule has 0 amide bonds. The van der Waals surface area contributed by atoms with Crippen LogP contribution in [0, 0.1) is 0 Å². The van der Waals surface area contributed by atoms with Crippen LogP contribution in [0.5, 0.6) is 0 Å². The molecule has 142 valence electrons. The molecule has 0 unspecified atom stereocenters. The minimum Gasteiger partial charge on any atom is -0.298 e. The molecule has 2 aliphatic rings. The first kappa shape index (κ1) is 18.5. The molecule has 1 fully saturated rings. The van der Waals surface area contributed by atoms with Crippen LogP contribution in [0.1, 0.15) is 57.8 Å². The van der Waals surface area contributed by atoms with Crippen LogP contribution in [-0.4, -0.2) is 20.6 Å². The van der Waals surface area contributed by atoms with Gasteiger partial charge in [0, 0.05) is 13.0 Å². The van der Waals surface area contributed by atoms with Gasteiger partial charge in [-0.05, 0) is 57.1 Å². The zero-order chi connectivity index (χ0) is 18.6. The normalized spacial score (nSPS) is 20.7. The van der Waals surface area contributed by atoms with Crippen molar-refractivity contribution < 1.29 is 4.79 Å².